The zero-order chi connectivity index (χ0) is 18.5. The Labute approximate surface area is 158 Å². The summed E-state index contributed by atoms with van der Waals surface area (Å²) in [5, 5.41) is 13.2. The number of hydrogen-bond acceptors (Lipinski definition) is 4. The molecule has 136 valence electrons. The molecule has 1 aromatic heterocycles. The van der Waals surface area contributed by atoms with Gasteiger partial charge in [0.05, 0.1) is 12.2 Å². The van der Waals surface area contributed by atoms with Crippen molar-refractivity contribution in [3.8, 4) is 11.8 Å². The van der Waals surface area contributed by atoms with Crippen LogP contribution in [0.5, 0.6) is 5.75 Å². The maximum absolute atomic E-state index is 12.6. The van der Waals surface area contributed by atoms with Crippen LogP contribution in [0.3, 0.4) is 0 Å². The summed E-state index contributed by atoms with van der Waals surface area (Å²) in [7, 11) is 0. The van der Waals surface area contributed by atoms with E-state index in [-0.39, 0.29) is 5.91 Å². The summed E-state index contributed by atoms with van der Waals surface area (Å²) in [4.78, 5) is 13.8. The molecule has 4 nitrogen and oxygen atoms in total. The van der Waals surface area contributed by atoms with Gasteiger partial charge in [0.15, 0.2) is 0 Å². The summed E-state index contributed by atoms with van der Waals surface area (Å²) < 4.78 is 5.63. The van der Waals surface area contributed by atoms with E-state index in [0.29, 0.717) is 28.7 Å². The second kappa shape index (κ2) is 8.37. The highest BCUT2D eigenvalue weighted by molar-refractivity contribution is 7.16. The van der Waals surface area contributed by atoms with E-state index in [4.69, 9.17) is 4.74 Å². The molecule has 3 rings (SSSR count). The molecule has 1 aliphatic carbocycles. The Kier molecular flexibility index (Phi) is 5.95. The summed E-state index contributed by atoms with van der Waals surface area (Å²) in [5.74, 6) is 1.22. The second-order valence-corrected chi connectivity index (χ2v) is 7.95. The quantitative estimate of drug-likeness (QED) is 0.715. The molecule has 1 aromatic carbocycles. The van der Waals surface area contributed by atoms with E-state index in [2.05, 4.69) is 25.2 Å². The molecule has 1 amide bonds. The van der Waals surface area contributed by atoms with Crippen molar-refractivity contribution in [1.82, 2.24) is 0 Å². The van der Waals surface area contributed by atoms with E-state index in [1.165, 1.54) is 4.88 Å². The number of fused-ring (bicyclic) bond motifs is 1. The van der Waals surface area contributed by atoms with Crippen LogP contribution in [0.4, 0.5) is 5.00 Å². The third-order valence-corrected chi connectivity index (χ3v) is 5.90. The Morgan fingerprint density at radius 2 is 2.15 bits per heavy atom. The predicted molar refractivity (Wildman–Crippen MR) is 105 cm³/mol. The summed E-state index contributed by atoms with van der Waals surface area (Å²) in [6, 6.07) is 9.45. The minimum atomic E-state index is -0.187. The number of carbonyl (C=O) groups is 1. The van der Waals surface area contributed by atoms with Gasteiger partial charge in [0.2, 0.25) is 0 Å². The van der Waals surface area contributed by atoms with Gasteiger partial charge in [-0.2, -0.15) is 5.26 Å². The highest BCUT2D eigenvalue weighted by Gasteiger charge is 2.24. The Morgan fingerprint density at radius 3 is 2.85 bits per heavy atom. The van der Waals surface area contributed by atoms with Crippen LogP contribution in [-0.4, -0.2) is 12.5 Å². The molecule has 26 heavy (non-hydrogen) atoms. The Hall–Kier alpha value is -2.32. The van der Waals surface area contributed by atoms with Crippen molar-refractivity contribution < 1.29 is 9.53 Å². The fourth-order valence-electron chi connectivity index (χ4n) is 3.17. The molecule has 5 heteroatoms. The lowest BCUT2D eigenvalue weighted by Gasteiger charge is -2.17. The number of hydrogen-bond donors (Lipinski definition) is 1. The fraction of sp³-hybridized carbons (Fsp3) is 0.429. The summed E-state index contributed by atoms with van der Waals surface area (Å²) in [5.41, 5.74) is 2.34. The fourth-order valence-corrected chi connectivity index (χ4v) is 4.53. The Morgan fingerprint density at radius 1 is 1.38 bits per heavy atom. The van der Waals surface area contributed by atoms with Gasteiger partial charge in [-0.3, -0.25) is 4.79 Å². The van der Waals surface area contributed by atoms with Gasteiger partial charge in [-0.15, -0.1) is 11.3 Å². The summed E-state index contributed by atoms with van der Waals surface area (Å²) in [6.45, 7) is 5.04. The standard InChI is InChI=1S/C21H24N2O2S/c1-3-4-11-25-16-8-6-15(7-9-16)20(24)23-21-18(13-22)17-10-5-14(2)12-19(17)26-21/h6-9,14H,3-5,10-12H2,1-2H3,(H,23,24)/t14-/m0/s1. The predicted octanol–water partition coefficient (Wildman–Crippen LogP) is 5.18. The number of amides is 1. The van der Waals surface area contributed by atoms with Crippen molar-refractivity contribution in [2.75, 3.05) is 11.9 Å². The van der Waals surface area contributed by atoms with Gasteiger partial charge < -0.3 is 10.1 Å². The van der Waals surface area contributed by atoms with Crippen molar-refractivity contribution in [2.45, 2.75) is 46.0 Å². The molecular formula is C21H24N2O2S. The SMILES string of the molecule is CCCCOc1ccc(C(=O)Nc2sc3c(c2C#N)CC[C@H](C)C3)cc1. The van der Waals surface area contributed by atoms with Crippen molar-refractivity contribution in [3.63, 3.8) is 0 Å². The molecule has 1 aliphatic rings. The normalized spacial score (nSPS) is 15.8. The average Bonchev–Trinajstić information content (AvgIpc) is 2.98. The molecule has 1 atom stereocenters. The van der Waals surface area contributed by atoms with Crippen molar-refractivity contribution in [2.24, 2.45) is 5.92 Å². The van der Waals surface area contributed by atoms with Crippen LogP contribution in [0.15, 0.2) is 24.3 Å². The number of rotatable bonds is 6. The lowest BCUT2D eigenvalue weighted by atomic mass is 9.88. The Balaban J connectivity index is 1.71. The Bertz CT molecular complexity index is 818. The third kappa shape index (κ3) is 4.08. The first-order chi connectivity index (χ1) is 12.6. The van der Waals surface area contributed by atoms with Gasteiger partial charge >= 0.3 is 0 Å². The second-order valence-electron chi connectivity index (χ2n) is 6.85. The number of anilines is 1. The number of ether oxygens (including phenoxy) is 1. The average molecular weight is 369 g/mol. The molecule has 0 radical (unpaired) electrons. The van der Waals surface area contributed by atoms with Crippen LogP contribution >= 0.6 is 11.3 Å². The van der Waals surface area contributed by atoms with E-state index in [9.17, 15) is 10.1 Å². The summed E-state index contributed by atoms with van der Waals surface area (Å²) in [6.07, 6.45) is 5.13. The number of unbranched alkanes of at least 4 members (excludes halogenated alkanes) is 1. The number of nitrogens with one attached hydrogen (secondary N) is 1. The molecule has 0 bridgehead atoms. The minimum Gasteiger partial charge on any atom is -0.494 e. The van der Waals surface area contributed by atoms with Gasteiger partial charge in [0.25, 0.3) is 5.91 Å². The van der Waals surface area contributed by atoms with E-state index in [1.54, 1.807) is 23.5 Å². The molecule has 0 saturated carbocycles. The van der Waals surface area contributed by atoms with Gasteiger partial charge in [0, 0.05) is 10.4 Å². The number of nitrogens with zero attached hydrogens (tertiary/aromatic N) is 1. The molecule has 0 aliphatic heterocycles. The van der Waals surface area contributed by atoms with Crippen LogP contribution in [0.1, 0.15) is 59.5 Å². The molecule has 1 heterocycles. The smallest absolute Gasteiger partial charge is 0.256 e. The van der Waals surface area contributed by atoms with E-state index in [0.717, 1.165) is 43.4 Å². The maximum Gasteiger partial charge on any atom is 0.256 e. The number of nitriles is 1. The van der Waals surface area contributed by atoms with Crippen LogP contribution in [0, 0.1) is 17.2 Å². The molecule has 2 aromatic rings. The molecule has 1 N–H and O–H groups in total. The monoisotopic (exact) mass is 368 g/mol. The van der Waals surface area contributed by atoms with Crippen LogP contribution < -0.4 is 10.1 Å². The van der Waals surface area contributed by atoms with Crippen molar-refractivity contribution in [1.29, 1.82) is 5.26 Å². The van der Waals surface area contributed by atoms with Gasteiger partial charge in [0.1, 0.15) is 16.8 Å². The maximum atomic E-state index is 12.6. The minimum absolute atomic E-state index is 0.187. The first-order valence-electron chi connectivity index (χ1n) is 9.21. The van der Waals surface area contributed by atoms with Crippen molar-refractivity contribution >= 4 is 22.2 Å². The molecular weight excluding hydrogens is 344 g/mol. The number of benzene rings is 1. The topological polar surface area (TPSA) is 62.1 Å². The van der Waals surface area contributed by atoms with E-state index in [1.807, 2.05) is 12.1 Å². The first-order valence-corrected chi connectivity index (χ1v) is 10.0. The van der Waals surface area contributed by atoms with Crippen LogP contribution in [0.25, 0.3) is 0 Å². The molecule has 0 fully saturated rings. The van der Waals surface area contributed by atoms with Crippen molar-refractivity contribution in [3.05, 3.63) is 45.8 Å². The summed E-state index contributed by atoms with van der Waals surface area (Å²) >= 11 is 1.55. The molecule has 0 unspecified atom stereocenters. The largest absolute Gasteiger partial charge is 0.494 e. The van der Waals surface area contributed by atoms with Crippen LogP contribution in [0.2, 0.25) is 0 Å². The number of carbonyl (C=O) groups excluding carboxylic acids is 1. The lowest BCUT2D eigenvalue weighted by molar-refractivity contribution is 0.102. The lowest BCUT2D eigenvalue weighted by Crippen LogP contribution is -2.12. The molecule has 0 saturated heterocycles. The van der Waals surface area contributed by atoms with Gasteiger partial charge in [-0.1, -0.05) is 20.3 Å². The number of thiophene rings is 1. The zero-order valence-electron chi connectivity index (χ0n) is 15.3. The van der Waals surface area contributed by atoms with Gasteiger partial charge in [-0.05, 0) is 61.4 Å². The van der Waals surface area contributed by atoms with E-state index >= 15 is 0 Å². The van der Waals surface area contributed by atoms with E-state index < -0.39 is 0 Å². The molecule has 0 spiro atoms. The highest BCUT2D eigenvalue weighted by atomic mass is 32.1. The highest BCUT2D eigenvalue weighted by Crippen LogP contribution is 2.39. The van der Waals surface area contributed by atoms with Gasteiger partial charge in [-0.25, -0.2) is 0 Å². The third-order valence-electron chi connectivity index (χ3n) is 4.73. The zero-order valence-corrected chi connectivity index (χ0v) is 16.1. The first kappa shape index (κ1) is 18.5. The van der Waals surface area contributed by atoms with Crippen LogP contribution in [-0.2, 0) is 12.8 Å².